The third-order valence-corrected chi connectivity index (χ3v) is 8.69. The summed E-state index contributed by atoms with van der Waals surface area (Å²) in [5.74, 6) is -2.27. The van der Waals surface area contributed by atoms with E-state index < -0.39 is 67.7 Å². The first-order valence-corrected chi connectivity index (χ1v) is 15.5. The van der Waals surface area contributed by atoms with Crippen LogP contribution in [0.1, 0.15) is 40.3 Å². The molecule has 17 heteroatoms. The first kappa shape index (κ1) is 33.8. The van der Waals surface area contributed by atoms with Gasteiger partial charge in [-0.2, -0.15) is 19.7 Å². The Bertz CT molecular complexity index is 1650. The molecule has 3 heterocycles. The van der Waals surface area contributed by atoms with E-state index in [1.54, 1.807) is 39.0 Å². The van der Waals surface area contributed by atoms with Crippen LogP contribution in [-0.2, 0) is 38.5 Å². The number of hydrogen-bond donors (Lipinski definition) is 3. The van der Waals surface area contributed by atoms with Gasteiger partial charge in [-0.3, -0.25) is 14.1 Å². The summed E-state index contributed by atoms with van der Waals surface area (Å²) in [5, 5.41) is 28.7. The number of aliphatic hydroxyl groups is 1. The summed E-state index contributed by atoms with van der Waals surface area (Å²) in [7, 11) is -4.44. The lowest BCUT2D eigenvalue weighted by molar-refractivity contribution is -0.168. The van der Waals surface area contributed by atoms with Gasteiger partial charge < -0.3 is 29.6 Å². The number of nitriles is 1. The van der Waals surface area contributed by atoms with Crippen LogP contribution < -0.4 is 15.3 Å². The van der Waals surface area contributed by atoms with Gasteiger partial charge in [-0.25, -0.2) is 9.08 Å². The largest absolute Gasteiger partial charge is 0.465 e. The van der Waals surface area contributed by atoms with Gasteiger partial charge in [-0.1, -0.05) is 32.0 Å². The first-order chi connectivity index (χ1) is 21.2. The van der Waals surface area contributed by atoms with Crippen molar-refractivity contribution in [3.8, 4) is 11.8 Å². The molecule has 6 atom stereocenters. The van der Waals surface area contributed by atoms with Crippen LogP contribution in [0.25, 0.3) is 5.52 Å². The van der Waals surface area contributed by atoms with Gasteiger partial charge in [0.2, 0.25) is 5.60 Å². The Morgan fingerprint density at radius 1 is 1.24 bits per heavy atom. The minimum absolute atomic E-state index is 0.0641. The number of benzene rings is 1. The van der Waals surface area contributed by atoms with Crippen molar-refractivity contribution < 1.29 is 46.9 Å². The van der Waals surface area contributed by atoms with E-state index in [-0.39, 0.29) is 29.4 Å². The first-order valence-electron chi connectivity index (χ1n) is 13.9. The Hall–Kier alpha value is -4.13. The van der Waals surface area contributed by atoms with E-state index in [2.05, 4.69) is 15.2 Å². The SMILES string of the molecule is CCOC(=O)[C@H](C)N[P@](=O)(OC[C@H]1O[C@@](C#N)(c2ccc3c(N)nc(F)nn23)[C@](C)(O)[C@@H]1OC(=O)C(C)C)Oc1ccccc1. The zero-order valence-electron chi connectivity index (χ0n) is 25.2. The van der Waals surface area contributed by atoms with Crippen molar-refractivity contribution in [2.45, 2.75) is 64.1 Å². The lowest BCUT2D eigenvalue weighted by atomic mass is 9.80. The molecular weight excluding hydrogens is 614 g/mol. The fourth-order valence-corrected chi connectivity index (χ4v) is 6.26. The highest BCUT2D eigenvalue weighted by Crippen LogP contribution is 2.51. The number of rotatable bonds is 12. The van der Waals surface area contributed by atoms with Crippen molar-refractivity contribution in [1.82, 2.24) is 19.7 Å². The number of ether oxygens (including phenoxy) is 3. The zero-order valence-corrected chi connectivity index (χ0v) is 26.1. The number of aromatic nitrogens is 3. The van der Waals surface area contributed by atoms with Crippen molar-refractivity contribution in [3.63, 3.8) is 0 Å². The van der Waals surface area contributed by atoms with E-state index >= 15 is 0 Å². The number of esters is 2. The molecule has 0 spiro atoms. The maximum Gasteiger partial charge on any atom is 0.459 e. The Morgan fingerprint density at radius 3 is 2.56 bits per heavy atom. The Kier molecular flexibility index (Phi) is 9.81. The van der Waals surface area contributed by atoms with Gasteiger partial charge in [0.15, 0.2) is 11.9 Å². The lowest BCUT2D eigenvalue weighted by Gasteiger charge is -2.34. The second-order valence-electron chi connectivity index (χ2n) is 10.7. The number of carbonyl (C=O) groups is 2. The van der Waals surface area contributed by atoms with E-state index in [4.69, 9.17) is 29.0 Å². The van der Waals surface area contributed by atoms with E-state index in [1.807, 2.05) is 6.07 Å². The van der Waals surface area contributed by atoms with E-state index in [0.29, 0.717) is 0 Å². The number of hydrogen-bond acceptors (Lipinski definition) is 13. The van der Waals surface area contributed by atoms with Gasteiger partial charge >= 0.3 is 25.8 Å². The summed E-state index contributed by atoms with van der Waals surface area (Å²) in [6, 6.07) is 11.4. The van der Waals surface area contributed by atoms with Gasteiger partial charge in [0.25, 0.3) is 0 Å². The molecule has 1 saturated heterocycles. The summed E-state index contributed by atoms with van der Waals surface area (Å²) >= 11 is 0. The molecule has 0 saturated carbocycles. The lowest BCUT2D eigenvalue weighted by Crippen LogP contribution is -2.54. The van der Waals surface area contributed by atoms with Gasteiger partial charge in [0, 0.05) is 0 Å². The fraction of sp³-hybridized carbons (Fsp3) is 0.464. The summed E-state index contributed by atoms with van der Waals surface area (Å²) in [6.07, 6.45) is -4.29. The smallest absolute Gasteiger partial charge is 0.459 e. The Labute approximate surface area is 257 Å². The minimum Gasteiger partial charge on any atom is -0.465 e. The quantitative estimate of drug-likeness (QED) is 0.191. The summed E-state index contributed by atoms with van der Waals surface area (Å²) in [4.78, 5) is 28.6. The number of nitrogens with zero attached hydrogens (tertiary/aromatic N) is 4. The fourth-order valence-electron chi connectivity index (χ4n) is 4.76. The van der Waals surface area contributed by atoms with Gasteiger partial charge in [0.1, 0.15) is 35.1 Å². The number of nitrogen functional groups attached to an aromatic ring is 1. The number of carbonyl (C=O) groups excluding carboxylic acids is 2. The third-order valence-electron chi connectivity index (χ3n) is 7.05. The molecule has 4 N–H and O–H groups in total. The van der Waals surface area contributed by atoms with Crippen molar-refractivity contribution in [1.29, 1.82) is 5.26 Å². The third kappa shape index (κ3) is 6.63. The van der Waals surface area contributed by atoms with Crippen molar-refractivity contribution in [2.75, 3.05) is 18.9 Å². The van der Waals surface area contributed by atoms with Gasteiger partial charge in [-0.15, -0.1) is 5.10 Å². The molecule has 0 radical (unpaired) electrons. The van der Waals surface area contributed by atoms with Gasteiger partial charge in [-0.05, 0) is 45.0 Å². The molecule has 2 aromatic heterocycles. The molecule has 0 unspecified atom stereocenters. The highest BCUT2D eigenvalue weighted by molar-refractivity contribution is 7.52. The summed E-state index contributed by atoms with van der Waals surface area (Å²) in [6.45, 7) is 6.66. The van der Waals surface area contributed by atoms with E-state index in [0.717, 1.165) is 4.52 Å². The van der Waals surface area contributed by atoms with Crippen LogP contribution in [0.3, 0.4) is 0 Å². The van der Waals surface area contributed by atoms with Crippen LogP contribution in [0.15, 0.2) is 42.5 Å². The number of fused-ring (bicyclic) bond motifs is 1. The molecule has 0 amide bonds. The predicted molar refractivity (Wildman–Crippen MR) is 155 cm³/mol. The van der Waals surface area contributed by atoms with Crippen molar-refractivity contribution in [2.24, 2.45) is 5.92 Å². The number of anilines is 1. The number of halogens is 1. The van der Waals surface area contributed by atoms with E-state index in [1.165, 1.54) is 38.1 Å². The Morgan fingerprint density at radius 2 is 1.93 bits per heavy atom. The molecule has 1 fully saturated rings. The highest BCUT2D eigenvalue weighted by atomic mass is 31.2. The molecule has 1 aliphatic heterocycles. The maximum absolute atomic E-state index is 14.2. The molecule has 3 aromatic rings. The van der Waals surface area contributed by atoms with Crippen LogP contribution in [-0.4, -0.2) is 68.7 Å². The molecule has 15 nitrogen and oxygen atoms in total. The topological polar surface area (TPSA) is 210 Å². The monoisotopic (exact) mass is 648 g/mol. The molecule has 1 aliphatic rings. The number of nitrogens with two attached hydrogens (primary N) is 1. The normalized spacial score (nSPS) is 25.0. The zero-order chi connectivity index (χ0) is 33.2. The highest BCUT2D eigenvalue weighted by Gasteiger charge is 2.67. The molecular formula is C28H34FN6O9P. The standard InChI is InChI=1S/C28H34FN6O9P/c1-6-40-25(37)17(4)34-45(39,44-18-10-8-7-9-11-18)41-14-20-22(42-24(36)16(2)3)27(5,38)28(15-30,43-20)21-13-12-19-23(31)32-26(29)33-35(19)21/h7-13,16-17,20,22,38H,6,14H2,1-5H3,(H,34,39)(H2,31,32,33)/t17-,20+,22+,27+,28-,45-/m0/s1. The van der Waals surface area contributed by atoms with Crippen LogP contribution in [0, 0.1) is 23.3 Å². The molecule has 1 aromatic carbocycles. The average Bonchev–Trinajstić information content (AvgIpc) is 3.49. The average molecular weight is 649 g/mol. The molecule has 45 heavy (non-hydrogen) atoms. The predicted octanol–water partition coefficient (Wildman–Crippen LogP) is 2.63. The molecule has 4 rings (SSSR count). The second-order valence-corrected chi connectivity index (χ2v) is 12.4. The van der Waals surface area contributed by atoms with Crippen molar-refractivity contribution >= 4 is 31.0 Å². The number of para-hydroxylation sites is 1. The molecule has 242 valence electrons. The van der Waals surface area contributed by atoms with Crippen LogP contribution in [0.2, 0.25) is 0 Å². The van der Waals surface area contributed by atoms with Crippen LogP contribution >= 0.6 is 7.75 Å². The van der Waals surface area contributed by atoms with Crippen molar-refractivity contribution in [3.05, 3.63) is 54.2 Å². The maximum atomic E-state index is 14.2. The second kappa shape index (κ2) is 13.1. The molecule has 0 aliphatic carbocycles. The van der Waals surface area contributed by atoms with Crippen LogP contribution in [0.4, 0.5) is 10.2 Å². The van der Waals surface area contributed by atoms with Gasteiger partial charge in [0.05, 0.1) is 24.8 Å². The Balaban J connectivity index is 1.75. The summed E-state index contributed by atoms with van der Waals surface area (Å²) < 4.78 is 57.3. The summed E-state index contributed by atoms with van der Waals surface area (Å²) in [5.41, 5.74) is 1.09. The molecule has 0 bridgehead atoms. The van der Waals surface area contributed by atoms with Crippen LogP contribution in [0.5, 0.6) is 5.75 Å². The van der Waals surface area contributed by atoms with E-state index in [9.17, 15) is 28.9 Å². The number of nitrogens with one attached hydrogen (secondary N) is 1. The minimum atomic E-state index is -4.44.